The fourth-order valence-electron chi connectivity index (χ4n) is 5.69. The van der Waals surface area contributed by atoms with Crippen molar-refractivity contribution in [1.29, 1.82) is 0 Å². The molecule has 5 nitrogen and oxygen atoms in total. The maximum absolute atomic E-state index is 13.3. The van der Waals surface area contributed by atoms with Gasteiger partial charge in [0.15, 0.2) is 5.69 Å². The summed E-state index contributed by atoms with van der Waals surface area (Å²) < 4.78 is 44.3. The lowest BCUT2D eigenvalue weighted by Crippen LogP contribution is -3.00. The summed E-state index contributed by atoms with van der Waals surface area (Å²) in [5.41, 5.74) is 4.81. The van der Waals surface area contributed by atoms with Gasteiger partial charge in [0.25, 0.3) is 0 Å². The molecule has 14 heteroatoms. The molecule has 0 fully saturated rings. The summed E-state index contributed by atoms with van der Waals surface area (Å²) in [4.78, 5) is 8.47. The SMILES string of the molecule is CN(C)CCn1cc[n+](CC2C3=C(CCN2CCCc2ccc(Cl)c(C(F)(F)F)n2)c2cc(Cl)ccc2C3)c1.Cl.Cl.Cl.[Cl-]. The third kappa shape index (κ3) is 9.63. The van der Waals surface area contributed by atoms with E-state index in [9.17, 15) is 13.2 Å². The van der Waals surface area contributed by atoms with Crippen molar-refractivity contribution in [3.8, 4) is 0 Å². The summed E-state index contributed by atoms with van der Waals surface area (Å²) in [6.45, 7) is 4.35. The summed E-state index contributed by atoms with van der Waals surface area (Å²) in [5, 5.41) is 0.389. The third-order valence-corrected chi connectivity index (χ3v) is 8.18. The average Bonchev–Trinajstić information content (AvgIpc) is 3.48. The van der Waals surface area contributed by atoms with Crippen LogP contribution < -0.4 is 17.0 Å². The van der Waals surface area contributed by atoms with E-state index >= 15 is 0 Å². The summed E-state index contributed by atoms with van der Waals surface area (Å²) in [6.07, 6.45) is 4.83. The molecule has 2 aliphatic rings. The van der Waals surface area contributed by atoms with Gasteiger partial charge in [0, 0.05) is 23.8 Å². The second-order valence-electron chi connectivity index (χ2n) is 10.7. The minimum atomic E-state index is -4.56. The lowest BCUT2D eigenvalue weighted by Gasteiger charge is -2.36. The predicted molar refractivity (Wildman–Crippen MR) is 170 cm³/mol. The van der Waals surface area contributed by atoms with E-state index in [2.05, 4.69) is 68.9 Å². The molecule has 5 rings (SSSR count). The number of benzene rings is 1. The first-order valence-electron chi connectivity index (χ1n) is 13.3. The molecule has 1 aliphatic carbocycles. The minimum Gasteiger partial charge on any atom is -1.00 e. The van der Waals surface area contributed by atoms with Crippen molar-refractivity contribution in [2.75, 3.05) is 33.7 Å². The highest BCUT2D eigenvalue weighted by Crippen LogP contribution is 2.42. The quantitative estimate of drug-likeness (QED) is 0.313. The highest BCUT2D eigenvalue weighted by atomic mass is 35.5. The first-order valence-corrected chi connectivity index (χ1v) is 14.0. The Morgan fingerprint density at radius 1 is 1.07 bits per heavy atom. The fourth-order valence-corrected chi connectivity index (χ4v) is 6.07. The van der Waals surface area contributed by atoms with Gasteiger partial charge in [-0.3, -0.25) is 4.90 Å². The van der Waals surface area contributed by atoms with Crippen LogP contribution in [0.3, 0.4) is 0 Å². The molecule has 0 saturated carbocycles. The molecule has 2 aromatic heterocycles. The van der Waals surface area contributed by atoms with E-state index in [1.165, 1.54) is 28.3 Å². The Morgan fingerprint density at radius 3 is 2.51 bits per heavy atom. The number of nitrogens with zero attached hydrogens (tertiary/aromatic N) is 5. The highest BCUT2D eigenvalue weighted by Gasteiger charge is 2.37. The van der Waals surface area contributed by atoms with Crippen LogP contribution in [0.25, 0.3) is 5.57 Å². The molecule has 3 heterocycles. The molecular weight excluding hydrogens is 688 g/mol. The van der Waals surface area contributed by atoms with E-state index in [4.69, 9.17) is 23.2 Å². The van der Waals surface area contributed by atoms with E-state index in [0.29, 0.717) is 18.5 Å². The average molecular weight is 724 g/mol. The Morgan fingerprint density at radius 2 is 1.81 bits per heavy atom. The van der Waals surface area contributed by atoms with Crippen LogP contribution in [0.1, 0.15) is 35.4 Å². The molecule has 3 aromatic rings. The molecule has 0 N–H and O–H groups in total. The minimum absolute atomic E-state index is 0. The van der Waals surface area contributed by atoms with Crippen molar-refractivity contribution in [3.63, 3.8) is 0 Å². The van der Waals surface area contributed by atoms with Gasteiger partial charge in [-0.1, -0.05) is 29.3 Å². The van der Waals surface area contributed by atoms with Crippen LogP contribution in [0.4, 0.5) is 13.2 Å². The lowest BCUT2D eigenvalue weighted by molar-refractivity contribution is -0.699. The van der Waals surface area contributed by atoms with Crippen LogP contribution in [-0.4, -0.2) is 59.1 Å². The summed E-state index contributed by atoms with van der Waals surface area (Å²) in [6, 6.07) is 9.26. The van der Waals surface area contributed by atoms with Crippen LogP contribution >= 0.6 is 60.4 Å². The second-order valence-corrected chi connectivity index (χ2v) is 11.5. The number of aryl methyl sites for hydroxylation is 1. The molecule has 0 spiro atoms. The Balaban J connectivity index is 0.00000231. The zero-order chi connectivity index (χ0) is 27.7. The largest absolute Gasteiger partial charge is 1.00 e. The van der Waals surface area contributed by atoms with Crippen molar-refractivity contribution < 1.29 is 30.1 Å². The van der Waals surface area contributed by atoms with E-state index in [1.807, 2.05) is 6.07 Å². The van der Waals surface area contributed by atoms with Crippen LogP contribution in [0, 0.1) is 0 Å². The van der Waals surface area contributed by atoms with Crippen molar-refractivity contribution in [3.05, 3.63) is 87.2 Å². The van der Waals surface area contributed by atoms with Crippen LogP contribution in [0.2, 0.25) is 10.0 Å². The van der Waals surface area contributed by atoms with Crippen LogP contribution in [0.5, 0.6) is 0 Å². The number of rotatable bonds is 9. The number of imidazole rings is 1. The molecule has 1 aromatic carbocycles. The first-order chi connectivity index (χ1) is 18.6. The smallest absolute Gasteiger partial charge is 0.434 e. The Hall–Kier alpha value is -1.23. The fraction of sp³-hybridized carbons (Fsp3) is 0.448. The van der Waals surface area contributed by atoms with Gasteiger partial charge in [-0.25, -0.2) is 14.1 Å². The molecule has 0 saturated heterocycles. The molecule has 1 aliphatic heterocycles. The maximum Gasteiger partial charge on any atom is 0.434 e. The molecule has 240 valence electrons. The summed E-state index contributed by atoms with van der Waals surface area (Å²) in [5.74, 6) is 0. The lowest BCUT2D eigenvalue weighted by atomic mass is 9.92. The molecule has 1 atom stereocenters. The van der Waals surface area contributed by atoms with Gasteiger partial charge >= 0.3 is 6.18 Å². The first kappa shape index (κ1) is 39.8. The Kier molecular flexibility index (Phi) is 15.6. The highest BCUT2D eigenvalue weighted by molar-refractivity contribution is 6.31. The van der Waals surface area contributed by atoms with E-state index < -0.39 is 11.9 Å². The zero-order valence-corrected chi connectivity index (χ0v) is 28.5. The van der Waals surface area contributed by atoms with E-state index in [-0.39, 0.29) is 60.7 Å². The van der Waals surface area contributed by atoms with Crippen molar-refractivity contribution in [1.82, 2.24) is 19.4 Å². The maximum atomic E-state index is 13.3. The van der Waals surface area contributed by atoms with Gasteiger partial charge in [0.05, 0.1) is 11.1 Å². The van der Waals surface area contributed by atoms with Gasteiger partial charge in [-0.2, -0.15) is 13.2 Å². The molecule has 0 amide bonds. The Bertz CT molecular complexity index is 1380. The van der Waals surface area contributed by atoms with Gasteiger partial charge in [0.2, 0.25) is 6.33 Å². The number of alkyl halides is 3. The third-order valence-electron chi connectivity index (χ3n) is 7.64. The standard InChI is InChI=1S/C29H33Cl2F3N5.4ClH/c1-36(2)12-13-37-14-15-38(19-37)18-27-25-16-20-5-6-21(30)17-24(20)23(25)9-11-39(27)10-3-4-22-7-8-26(31)28(35-22)29(32,33)34;;;;/h5-8,14-15,17,19,27H,3-4,9-13,16,18H2,1-2H3;4*1H/q+1;;;;/p-1. The summed E-state index contributed by atoms with van der Waals surface area (Å²) in [7, 11) is 4.14. The molecule has 0 bridgehead atoms. The molecule has 1 unspecified atom stereocenters. The topological polar surface area (TPSA) is 28.2 Å². The number of fused-ring (bicyclic) bond motifs is 2. The van der Waals surface area contributed by atoms with E-state index in [1.54, 1.807) is 6.07 Å². The predicted octanol–water partition coefficient (Wildman–Crippen LogP) is 4.04. The van der Waals surface area contributed by atoms with Crippen molar-refractivity contribution in [2.45, 2.75) is 51.0 Å². The van der Waals surface area contributed by atoms with Gasteiger partial charge in [0.1, 0.15) is 25.5 Å². The summed E-state index contributed by atoms with van der Waals surface area (Å²) >= 11 is 12.1. The van der Waals surface area contributed by atoms with Crippen molar-refractivity contribution >= 4 is 66.0 Å². The van der Waals surface area contributed by atoms with Gasteiger partial charge in [-0.15, -0.1) is 37.2 Å². The number of hydrogen-bond donors (Lipinski definition) is 0. The number of halogens is 9. The zero-order valence-electron chi connectivity index (χ0n) is 23.8. The second kappa shape index (κ2) is 16.9. The van der Waals surface area contributed by atoms with Gasteiger partial charge < -0.3 is 17.3 Å². The van der Waals surface area contributed by atoms with E-state index in [0.717, 1.165) is 50.6 Å². The number of pyridine rings is 1. The molecular formula is C29H36Cl6F3N5. The molecule has 43 heavy (non-hydrogen) atoms. The number of likely N-dealkylation sites (N-methyl/N-ethyl adjacent to an activating group) is 1. The van der Waals surface area contributed by atoms with Crippen molar-refractivity contribution in [2.24, 2.45) is 0 Å². The number of aromatic nitrogens is 3. The normalized spacial score (nSPS) is 16.0. The Labute approximate surface area is 286 Å². The molecule has 0 radical (unpaired) electrons. The van der Waals surface area contributed by atoms with Crippen LogP contribution in [0.15, 0.2) is 54.6 Å². The van der Waals surface area contributed by atoms with Crippen LogP contribution in [-0.2, 0) is 32.1 Å². The monoisotopic (exact) mass is 721 g/mol. The number of hydrogen-bond acceptors (Lipinski definition) is 3. The van der Waals surface area contributed by atoms with Gasteiger partial charge in [-0.05, 0) is 92.9 Å².